The van der Waals surface area contributed by atoms with Crippen LogP contribution >= 0.6 is 0 Å². The van der Waals surface area contributed by atoms with E-state index in [-0.39, 0.29) is 29.8 Å². The van der Waals surface area contributed by atoms with Gasteiger partial charge in [-0.3, -0.25) is 19.7 Å². The normalized spacial score (nSPS) is 13.9. The third-order valence-electron chi connectivity index (χ3n) is 4.92. The van der Waals surface area contributed by atoms with Crippen molar-refractivity contribution in [3.05, 3.63) is 69.8 Å². The summed E-state index contributed by atoms with van der Waals surface area (Å²) in [6.07, 6.45) is 4.27. The van der Waals surface area contributed by atoms with Gasteiger partial charge in [-0.25, -0.2) is 0 Å². The van der Waals surface area contributed by atoms with Crippen molar-refractivity contribution >= 4 is 23.2 Å². The second kappa shape index (κ2) is 9.12. The molecule has 0 bridgehead atoms. The van der Waals surface area contributed by atoms with Gasteiger partial charge < -0.3 is 10.6 Å². The van der Waals surface area contributed by atoms with E-state index in [1.165, 1.54) is 12.1 Å². The van der Waals surface area contributed by atoms with Gasteiger partial charge in [-0.1, -0.05) is 37.1 Å². The summed E-state index contributed by atoms with van der Waals surface area (Å²) in [4.78, 5) is 34.6. The zero-order chi connectivity index (χ0) is 19.9. The van der Waals surface area contributed by atoms with Gasteiger partial charge in [-0.15, -0.1) is 0 Å². The molecule has 1 aliphatic rings. The number of nitrogens with one attached hydrogen (secondary N) is 2. The third-order valence-corrected chi connectivity index (χ3v) is 4.92. The first-order chi connectivity index (χ1) is 13.5. The number of nitrogens with zero attached hydrogens (tertiary/aromatic N) is 1. The Morgan fingerprint density at radius 1 is 1.04 bits per heavy atom. The number of amides is 2. The SMILES string of the molecule is O=C(Cc1ccc([N+](=O)[O-])cc1)NCc1cccc(NC(=O)C2CCCC2)c1. The summed E-state index contributed by atoms with van der Waals surface area (Å²) in [5, 5.41) is 16.5. The fraction of sp³-hybridized carbons (Fsp3) is 0.333. The number of carbonyl (C=O) groups excluding carboxylic acids is 2. The van der Waals surface area contributed by atoms with E-state index in [0.717, 1.165) is 36.9 Å². The second-order valence-electron chi connectivity index (χ2n) is 7.05. The number of rotatable bonds is 7. The van der Waals surface area contributed by atoms with Gasteiger partial charge in [0.15, 0.2) is 0 Å². The first-order valence-electron chi connectivity index (χ1n) is 9.41. The van der Waals surface area contributed by atoms with Crippen molar-refractivity contribution in [2.24, 2.45) is 5.92 Å². The van der Waals surface area contributed by atoms with Crippen LogP contribution in [-0.2, 0) is 22.6 Å². The summed E-state index contributed by atoms with van der Waals surface area (Å²) in [7, 11) is 0. The van der Waals surface area contributed by atoms with Crippen LogP contribution in [0.15, 0.2) is 48.5 Å². The minimum absolute atomic E-state index is 0.000578. The average Bonchev–Trinajstić information content (AvgIpc) is 3.22. The summed E-state index contributed by atoms with van der Waals surface area (Å²) >= 11 is 0. The van der Waals surface area contributed by atoms with Crippen LogP contribution in [0.25, 0.3) is 0 Å². The topological polar surface area (TPSA) is 101 Å². The Bertz CT molecular complexity index is 858. The zero-order valence-corrected chi connectivity index (χ0v) is 15.5. The monoisotopic (exact) mass is 381 g/mol. The van der Waals surface area contributed by atoms with E-state index < -0.39 is 4.92 Å². The van der Waals surface area contributed by atoms with E-state index in [1.807, 2.05) is 24.3 Å². The van der Waals surface area contributed by atoms with E-state index in [1.54, 1.807) is 12.1 Å². The fourth-order valence-electron chi connectivity index (χ4n) is 3.38. The van der Waals surface area contributed by atoms with Crippen LogP contribution in [0, 0.1) is 16.0 Å². The molecule has 2 N–H and O–H groups in total. The van der Waals surface area contributed by atoms with Gasteiger partial charge in [0.1, 0.15) is 0 Å². The maximum atomic E-state index is 12.2. The van der Waals surface area contributed by atoms with Crippen molar-refractivity contribution < 1.29 is 14.5 Å². The molecule has 1 fully saturated rings. The Hall–Kier alpha value is -3.22. The molecule has 1 saturated carbocycles. The number of hydrogen-bond donors (Lipinski definition) is 2. The first kappa shape index (κ1) is 19.5. The molecule has 0 aliphatic heterocycles. The van der Waals surface area contributed by atoms with Gasteiger partial charge in [0.2, 0.25) is 11.8 Å². The molecule has 7 nitrogen and oxygen atoms in total. The predicted molar refractivity (Wildman–Crippen MR) is 106 cm³/mol. The Morgan fingerprint density at radius 2 is 1.75 bits per heavy atom. The zero-order valence-electron chi connectivity index (χ0n) is 15.5. The van der Waals surface area contributed by atoms with Gasteiger partial charge in [-0.2, -0.15) is 0 Å². The molecular weight excluding hydrogens is 358 g/mol. The molecule has 2 aromatic rings. The number of carbonyl (C=O) groups is 2. The van der Waals surface area contributed by atoms with Gasteiger partial charge in [0.05, 0.1) is 11.3 Å². The van der Waals surface area contributed by atoms with Crippen LogP contribution in [0.4, 0.5) is 11.4 Å². The van der Waals surface area contributed by atoms with E-state index in [4.69, 9.17) is 0 Å². The maximum Gasteiger partial charge on any atom is 0.269 e. The fourth-order valence-corrected chi connectivity index (χ4v) is 3.38. The van der Waals surface area contributed by atoms with Gasteiger partial charge >= 0.3 is 0 Å². The molecule has 0 heterocycles. The first-order valence-corrected chi connectivity index (χ1v) is 9.41. The Kier molecular flexibility index (Phi) is 6.37. The van der Waals surface area contributed by atoms with Crippen molar-refractivity contribution in [2.45, 2.75) is 38.6 Å². The molecule has 1 aliphatic carbocycles. The predicted octanol–water partition coefficient (Wildman–Crippen LogP) is 3.58. The molecule has 2 amide bonds. The lowest BCUT2D eigenvalue weighted by molar-refractivity contribution is -0.384. The molecule has 28 heavy (non-hydrogen) atoms. The number of nitro groups is 1. The quantitative estimate of drug-likeness (QED) is 0.565. The number of benzene rings is 2. The lowest BCUT2D eigenvalue weighted by Gasteiger charge is -2.12. The van der Waals surface area contributed by atoms with Crippen LogP contribution in [0.1, 0.15) is 36.8 Å². The molecular formula is C21H23N3O4. The van der Waals surface area contributed by atoms with Crippen LogP contribution < -0.4 is 10.6 Å². The summed E-state index contributed by atoms with van der Waals surface area (Å²) in [5.41, 5.74) is 2.33. The smallest absolute Gasteiger partial charge is 0.269 e. The molecule has 7 heteroatoms. The minimum atomic E-state index is -0.470. The summed E-state index contributed by atoms with van der Waals surface area (Å²) in [6, 6.07) is 13.4. The molecule has 3 rings (SSSR count). The van der Waals surface area contributed by atoms with E-state index >= 15 is 0 Å². The van der Waals surface area contributed by atoms with E-state index in [0.29, 0.717) is 12.1 Å². The van der Waals surface area contributed by atoms with Gasteiger partial charge in [0, 0.05) is 30.3 Å². The van der Waals surface area contributed by atoms with E-state index in [2.05, 4.69) is 10.6 Å². The number of anilines is 1. The Labute approximate surface area is 163 Å². The summed E-state index contributed by atoms with van der Waals surface area (Å²) < 4.78 is 0. The van der Waals surface area contributed by atoms with Crippen molar-refractivity contribution in [3.63, 3.8) is 0 Å². The number of non-ortho nitro benzene ring substituents is 1. The van der Waals surface area contributed by atoms with Crippen molar-refractivity contribution in [2.75, 3.05) is 5.32 Å². The maximum absolute atomic E-state index is 12.2. The van der Waals surface area contributed by atoms with Crippen LogP contribution in [0.3, 0.4) is 0 Å². The molecule has 146 valence electrons. The summed E-state index contributed by atoms with van der Waals surface area (Å²) in [5.74, 6) is -0.00356. The molecule has 0 radical (unpaired) electrons. The molecule has 0 saturated heterocycles. The highest BCUT2D eigenvalue weighted by Gasteiger charge is 2.22. The highest BCUT2D eigenvalue weighted by molar-refractivity contribution is 5.92. The highest BCUT2D eigenvalue weighted by Crippen LogP contribution is 2.26. The highest BCUT2D eigenvalue weighted by atomic mass is 16.6. The van der Waals surface area contributed by atoms with Crippen molar-refractivity contribution in [3.8, 4) is 0 Å². The molecule has 0 unspecified atom stereocenters. The largest absolute Gasteiger partial charge is 0.352 e. The third kappa shape index (κ3) is 5.39. The van der Waals surface area contributed by atoms with Crippen LogP contribution in [-0.4, -0.2) is 16.7 Å². The van der Waals surface area contributed by atoms with Gasteiger partial charge in [-0.05, 0) is 36.1 Å². The Morgan fingerprint density at radius 3 is 2.43 bits per heavy atom. The lowest BCUT2D eigenvalue weighted by atomic mass is 10.1. The Balaban J connectivity index is 1.50. The number of nitro benzene ring substituents is 1. The molecule has 0 atom stereocenters. The molecule has 2 aromatic carbocycles. The van der Waals surface area contributed by atoms with Gasteiger partial charge in [0.25, 0.3) is 5.69 Å². The van der Waals surface area contributed by atoms with Crippen LogP contribution in [0.5, 0.6) is 0 Å². The molecule has 0 spiro atoms. The summed E-state index contributed by atoms with van der Waals surface area (Å²) in [6.45, 7) is 0.346. The molecule has 0 aromatic heterocycles. The number of hydrogen-bond acceptors (Lipinski definition) is 4. The van der Waals surface area contributed by atoms with Crippen molar-refractivity contribution in [1.29, 1.82) is 0 Å². The standard InChI is InChI=1S/C21H23N3O4/c25-20(13-15-8-10-19(11-9-15)24(27)28)22-14-16-4-3-7-18(12-16)23-21(26)17-5-1-2-6-17/h3-4,7-12,17H,1-2,5-6,13-14H2,(H,22,25)(H,23,26). The lowest BCUT2D eigenvalue weighted by Crippen LogP contribution is -2.24. The minimum Gasteiger partial charge on any atom is -0.352 e. The van der Waals surface area contributed by atoms with Crippen LogP contribution in [0.2, 0.25) is 0 Å². The van der Waals surface area contributed by atoms with E-state index in [9.17, 15) is 19.7 Å². The van der Waals surface area contributed by atoms with Crippen molar-refractivity contribution in [1.82, 2.24) is 5.32 Å². The second-order valence-corrected chi connectivity index (χ2v) is 7.05. The average molecular weight is 381 g/mol.